The summed E-state index contributed by atoms with van der Waals surface area (Å²) in [5.74, 6) is 1.40. The van der Waals surface area contributed by atoms with E-state index < -0.39 is 0 Å². The lowest BCUT2D eigenvalue weighted by Crippen LogP contribution is -2.66. The quantitative estimate of drug-likeness (QED) is 0.816. The molecule has 6 nitrogen and oxygen atoms in total. The highest BCUT2D eigenvalue weighted by Crippen LogP contribution is 2.41. The lowest BCUT2D eigenvalue weighted by molar-refractivity contribution is -0.130. The van der Waals surface area contributed by atoms with Crippen LogP contribution in [0.3, 0.4) is 0 Å². The van der Waals surface area contributed by atoms with Gasteiger partial charge in [-0.3, -0.25) is 4.79 Å². The SMILES string of the molecule is Cc1ccoc1C(=O)N1CC2(C1)OCC[C@H]2COCC1CCOCC1. The Kier molecular flexibility index (Phi) is 4.84. The van der Waals surface area contributed by atoms with Crippen LogP contribution in [0.5, 0.6) is 0 Å². The smallest absolute Gasteiger partial charge is 0.290 e. The zero-order valence-corrected chi connectivity index (χ0v) is 14.9. The molecular weight excluding hydrogens is 322 g/mol. The van der Waals surface area contributed by atoms with Crippen molar-refractivity contribution < 1.29 is 23.4 Å². The first-order valence-electron chi connectivity index (χ1n) is 9.31. The minimum Gasteiger partial charge on any atom is -0.459 e. The maximum absolute atomic E-state index is 12.5. The van der Waals surface area contributed by atoms with E-state index in [4.69, 9.17) is 18.6 Å². The van der Waals surface area contributed by atoms with Crippen LogP contribution >= 0.6 is 0 Å². The Labute approximate surface area is 148 Å². The molecule has 0 unspecified atom stereocenters. The monoisotopic (exact) mass is 349 g/mol. The van der Waals surface area contributed by atoms with Gasteiger partial charge in [0.15, 0.2) is 5.76 Å². The zero-order valence-electron chi connectivity index (χ0n) is 14.9. The Hall–Kier alpha value is -1.37. The molecule has 4 rings (SSSR count). The van der Waals surface area contributed by atoms with E-state index in [9.17, 15) is 4.79 Å². The van der Waals surface area contributed by atoms with Gasteiger partial charge < -0.3 is 23.5 Å². The number of amides is 1. The van der Waals surface area contributed by atoms with Gasteiger partial charge in [-0.25, -0.2) is 0 Å². The predicted octanol–water partition coefficient (Wildman–Crippen LogP) is 2.26. The van der Waals surface area contributed by atoms with Crippen molar-refractivity contribution in [3.63, 3.8) is 0 Å². The molecule has 3 fully saturated rings. The van der Waals surface area contributed by atoms with Crippen LogP contribution in [-0.4, -0.2) is 62.5 Å². The van der Waals surface area contributed by atoms with E-state index in [-0.39, 0.29) is 11.5 Å². The molecule has 0 radical (unpaired) electrons. The van der Waals surface area contributed by atoms with Crippen LogP contribution < -0.4 is 0 Å². The normalized spacial score (nSPS) is 26.1. The summed E-state index contributed by atoms with van der Waals surface area (Å²) < 4.78 is 22.8. The van der Waals surface area contributed by atoms with Gasteiger partial charge >= 0.3 is 0 Å². The Morgan fingerprint density at radius 2 is 2.04 bits per heavy atom. The molecule has 3 aliphatic rings. The third kappa shape index (κ3) is 3.35. The summed E-state index contributed by atoms with van der Waals surface area (Å²) in [5.41, 5.74) is 0.667. The van der Waals surface area contributed by atoms with Crippen LogP contribution in [0.4, 0.5) is 0 Å². The standard InChI is InChI=1S/C19H27NO5/c1-14-2-8-24-17(14)18(21)20-12-19(13-20)16(5-9-25-19)11-23-10-15-3-6-22-7-4-15/h2,8,15-16H,3-7,9-13H2,1H3/t16-/m0/s1. The number of rotatable bonds is 5. The number of nitrogens with zero attached hydrogens (tertiary/aromatic N) is 1. The highest BCUT2D eigenvalue weighted by Gasteiger charge is 2.55. The Morgan fingerprint density at radius 3 is 2.76 bits per heavy atom. The second-order valence-corrected chi connectivity index (χ2v) is 7.59. The molecule has 0 saturated carbocycles. The van der Waals surface area contributed by atoms with Gasteiger partial charge in [0.25, 0.3) is 5.91 Å². The van der Waals surface area contributed by atoms with Gasteiger partial charge in [0.2, 0.25) is 0 Å². The molecule has 1 atom stereocenters. The number of carbonyl (C=O) groups excluding carboxylic acids is 1. The summed E-state index contributed by atoms with van der Waals surface area (Å²) in [6.07, 6.45) is 4.76. The second-order valence-electron chi connectivity index (χ2n) is 7.59. The maximum Gasteiger partial charge on any atom is 0.290 e. The van der Waals surface area contributed by atoms with Gasteiger partial charge in [-0.05, 0) is 38.2 Å². The molecule has 0 bridgehead atoms. The lowest BCUT2D eigenvalue weighted by Gasteiger charge is -2.49. The molecule has 1 amide bonds. The van der Waals surface area contributed by atoms with Crippen molar-refractivity contribution in [2.75, 3.05) is 46.1 Å². The number of likely N-dealkylation sites (tertiary alicyclic amines) is 1. The fourth-order valence-corrected chi connectivity index (χ4v) is 4.14. The molecule has 3 saturated heterocycles. The molecule has 138 valence electrons. The van der Waals surface area contributed by atoms with E-state index in [1.807, 2.05) is 17.9 Å². The minimum atomic E-state index is -0.216. The summed E-state index contributed by atoms with van der Waals surface area (Å²) in [5, 5.41) is 0. The third-order valence-corrected chi connectivity index (χ3v) is 5.87. The molecule has 1 aromatic rings. The van der Waals surface area contributed by atoms with E-state index in [2.05, 4.69) is 0 Å². The van der Waals surface area contributed by atoms with Crippen molar-refractivity contribution in [3.05, 3.63) is 23.7 Å². The van der Waals surface area contributed by atoms with Gasteiger partial charge in [0.1, 0.15) is 5.60 Å². The third-order valence-electron chi connectivity index (χ3n) is 5.87. The molecule has 0 aromatic carbocycles. The number of carbonyl (C=O) groups is 1. The number of hydrogen-bond acceptors (Lipinski definition) is 5. The van der Waals surface area contributed by atoms with Crippen molar-refractivity contribution in [3.8, 4) is 0 Å². The molecule has 25 heavy (non-hydrogen) atoms. The Balaban J connectivity index is 1.27. The first kappa shape index (κ1) is 17.1. The lowest BCUT2D eigenvalue weighted by atomic mass is 9.81. The van der Waals surface area contributed by atoms with Gasteiger partial charge in [0, 0.05) is 37.9 Å². The van der Waals surface area contributed by atoms with Crippen LogP contribution in [0, 0.1) is 18.8 Å². The predicted molar refractivity (Wildman–Crippen MR) is 90.5 cm³/mol. The van der Waals surface area contributed by atoms with Crippen molar-refractivity contribution in [2.24, 2.45) is 11.8 Å². The fourth-order valence-electron chi connectivity index (χ4n) is 4.14. The number of aryl methyl sites for hydroxylation is 1. The van der Waals surface area contributed by atoms with Crippen molar-refractivity contribution in [1.29, 1.82) is 0 Å². The fraction of sp³-hybridized carbons (Fsp3) is 0.737. The van der Waals surface area contributed by atoms with E-state index in [1.54, 1.807) is 6.26 Å². The molecule has 1 aromatic heterocycles. The Bertz CT molecular complexity index is 601. The second kappa shape index (κ2) is 7.09. The van der Waals surface area contributed by atoms with Crippen LogP contribution in [0.25, 0.3) is 0 Å². The van der Waals surface area contributed by atoms with Gasteiger partial charge in [-0.2, -0.15) is 0 Å². The average molecular weight is 349 g/mol. The van der Waals surface area contributed by atoms with Crippen LogP contribution in [0.2, 0.25) is 0 Å². The summed E-state index contributed by atoms with van der Waals surface area (Å²) in [6.45, 7) is 7.16. The van der Waals surface area contributed by atoms with Crippen LogP contribution in [0.1, 0.15) is 35.4 Å². The number of furan rings is 1. The van der Waals surface area contributed by atoms with E-state index >= 15 is 0 Å². The number of ether oxygens (including phenoxy) is 3. The summed E-state index contributed by atoms with van der Waals surface area (Å²) in [6, 6.07) is 1.82. The highest BCUT2D eigenvalue weighted by molar-refractivity contribution is 5.93. The highest BCUT2D eigenvalue weighted by atomic mass is 16.5. The summed E-state index contributed by atoms with van der Waals surface area (Å²) >= 11 is 0. The molecule has 0 aliphatic carbocycles. The minimum absolute atomic E-state index is 0.0366. The summed E-state index contributed by atoms with van der Waals surface area (Å²) in [4.78, 5) is 14.3. The summed E-state index contributed by atoms with van der Waals surface area (Å²) in [7, 11) is 0. The topological polar surface area (TPSA) is 61.1 Å². The van der Waals surface area contributed by atoms with Crippen LogP contribution in [0.15, 0.2) is 16.7 Å². The molecular formula is C19H27NO5. The molecule has 1 spiro atoms. The van der Waals surface area contributed by atoms with E-state index in [0.717, 1.165) is 57.9 Å². The zero-order chi connectivity index (χ0) is 17.3. The van der Waals surface area contributed by atoms with Crippen molar-refractivity contribution in [2.45, 2.75) is 31.8 Å². The van der Waals surface area contributed by atoms with Crippen molar-refractivity contribution >= 4 is 5.91 Å². The molecule has 4 heterocycles. The molecule has 6 heteroatoms. The van der Waals surface area contributed by atoms with E-state index in [1.165, 1.54) is 0 Å². The van der Waals surface area contributed by atoms with Gasteiger partial charge in [0.05, 0.1) is 26.0 Å². The largest absolute Gasteiger partial charge is 0.459 e. The first-order chi connectivity index (χ1) is 12.2. The van der Waals surface area contributed by atoms with E-state index in [0.29, 0.717) is 30.7 Å². The van der Waals surface area contributed by atoms with Crippen molar-refractivity contribution in [1.82, 2.24) is 4.90 Å². The van der Waals surface area contributed by atoms with Gasteiger partial charge in [-0.15, -0.1) is 0 Å². The van der Waals surface area contributed by atoms with Crippen LogP contribution in [-0.2, 0) is 14.2 Å². The molecule has 3 aliphatic heterocycles. The number of hydrogen-bond donors (Lipinski definition) is 0. The first-order valence-corrected chi connectivity index (χ1v) is 9.31. The van der Waals surface area contributed by atoms with Gasteiger partial charge in [-0.1, -0.05) is 0 Å². The Morgan fingerprint density at radius 1 is 1.24 bits per heavy atom. The molecule has 0 N–H and O–H groups in total. The maximum atomic E-state index is 12.5. The average Bonchev–Trinajstić information content (AvgIpc) is 3.20.